The molecule has 0 aliphatic heterocycles. The summed E-state index contributed by atoms with van der Waals surface area (Å²) in [5.41, 5.74) is 0.461. The number of carbonyl (C=O) groups excluding carboxylic acids is 1. The van der Waals surface area contributed by atoms with E-state index < -0.39 is 0 Å². The molecule has 3 fully saturated rings. The van der Waals surface area contributed by atoms with E-state index >= 15 is 0 Å². The summed E-state index contributed by atoms with van der Waals surface area (Å²) in [6.45, 7) is 6.85. The topological polar surface area (TPSA) is 17.1 Å². The highest BCUT2D eigenvalue weighted by Gasteiger charge is 2.57. The van der Waals surface area contributed by atoms with Crippen LogP contribution in [0.1, 0.15) is 33.6 Å². The van der Waals surface area contributed by atoms with Gasteiger partial charge < -0.3 is 0 Å². The predicted molar refractivity (Wildman–Crippen MR) is 53.5 cm³/mol. The minimum atomic E-state index is -0.113. The molecule has 3 aliphatic rings. The molecule has 74 valence electrons. The molecule has 4 unspecified atom stereocenters. The number of halogens is 1. The van der Waals surface area contributed by atoms with Gasteiger partial charge in [0.1, 0.15) is 0 Å². The Morgan fingerprint density at radius 3 is 2.38 bits per heavy atom. The van der Waals surface area contributed by atoms with Gasteiger partial charge in [-0.2, -0.15) is 0 Å². The van der Waals surface area contributed by atoms with Crippen LogP contribution in [-0.4, -0.2) is 5.24 Å². The highest BCUT2D eigenvalue weighted by atomic mass is 35.5. The van der Waals surface area contributed by atoms with Crippen molar-refractivity contribution in [2.24, 2.45) is 29.1 Å². The summed E-state index contributed by atoms with van der Waals surface area (Å²) in [4.78, 5) is 11.2. The third-order valence-corrected chi connectivity index (χ3v) is 4.93. The smallest absolute Gasteiger partial charge is 0.225 e. The predicted octanol–water partition coefficient (Wildman–Crippen LogP) is 3.07. The van der Waals surface area contributed by atoms with Crippen molar-refractivity contribution < 1.29 is 4.79 Å². The fourth-order valence-corrected chi connectivity index (χ4v) is 3.74. The monoisotopic (exact) mass is 200 g/mol. The number of hydrogen-bond acceptors (Lipinski definition) is 1. The molecule has 1 nitrogen and oxygen atoms in total. The lowest BCUT2D eigenvalue weighted by molar-refractivity contribution is -0.145. The molecule has 0 aromatic heterocycles. The highest BCUT2D eigenvalue weighted by molar-refractivity contribution is 6.64. The molecule has 3 rings (SSSR count). The molecule has 0 spiro atoms. The second-order valence-electron chi connectivity index (χ2n) is 5.37. The van der Waals surface area contributed by atoms with E-state index in [1.807, 2.05) is 0 Å². The zero-order valence-electron chi connectivity index (χ0n) is 8.51. The van der Waals surface area contributed by atoms with Crippen LogP contribution in [0.2, 0.25) is 0 Å². The van der Waals surface area contributed by atoms with Gasteiger partial charge >= 0.3 is 0 Å². The third kappa shape index (κ3) is 1.16. The first-order valence-electron chi connectivity index (χ1n) is 5.14. The van der Waals surface area contributed by atoms with E-state index in [0.29, 0.717) is 11.3 Å². The van der Waals surface area contributed by atoms with Gasteiger partial charge in [-0.15, -0.1) is 0 Å². The van der Waals surface area contributed by atoms with E-state index in [2.05, 4.69) is 20.8 Å². The first-order valence-corrected chi connectivity index (χ1v) is 5.51. The summed E-state index contributed by atoms with van der Waals surface area (Å²) in [6, 6.07) is 0. The fourth-order valence-electron chi connectivity index (χ4n) is 3.45. The van der Waals surface area contributed by atoms with E-state index in [1.54, 1.807) is 0 Å². The van der Waals surface area contributed by atoms with Crippen LogP contribution in [0.25, 0.3) is 0 Å². The summed E-state index contributed by atoms with van der Waals surface area (Å²) in [5.74, 6) is 2.09. The van der Waals surface area contributed by atoms with Gasteiger partial charge in [0.25, 0.3) is 0 Å². The van der Waals surface area contributed by atoms with Crippen molar-refractivity contribution in [2.75, 3.05) is 0 Å². The lowest BCUT2D eigenvalue weighted by Gasteiger charge is -2.61. The van der Waals surface area contributed by atoms with Crippen molar-refractivity contribution in [3.05, 3.63) is 0 Å². The molecule has 0 aromatic rings. The van der Waals surface area contributed by atoms with E-state index in [-0.39, 0.29) is 11.2 Å². The Labute approximate surface area is 84.8 Å². The Hall–Kier alpha value is -0.0400. The number of rotatable bonds is 1. The van der Waals surface area contributed by atoms with Crippen molar-refractivity contribution in [1.29, 1.82) is 0 Å². The maximum atomic E-state index is 11.2. The number of carbonyl (C=O) groups is 1. The SMILES string of the molecule is CC1C(C(=O)Cl)CC2CC1C2(C)C. The molecule has 0 radical (unpaired) electrons. The molecule has 4 atom stereocenters. The molecule has 0 heterocycles. The average molecular weight is 201 g/mol. The van der Waals surface area contributed by atoms with Crippen molar-refractivity contribution >= 4 is 16.8 Å². The Morgan fingerprint density at radius 1 is 1.38 bits per heavy atom. The molecule has 13 heavy (non-hydrogen) atoms. The van der Waals surface area contributed by atoms with Crippen LogP contribution in [0.5, 0.6) is 0 Å². The normalized spacial score (nSPS) is 46.8. The maximum absolute atomic E-state index is 11.2. The largest absolute Gasteiger partial charge is 0.281 e. The van der Waals surface area contributed by atoms with Crippen LogP contribution in [0.15, 0.2) is 0 Å². The minimum Gasteiger partial charge on any atom is -0.281 e. The zero-order valence-corrected chi connectivity index (χ0v) is 9.27. The van der Waals surface area contributed by atoms with Crippen LogP contribution >= 0.6 is 11.6 Å². The van der Waals surface area contributed by atoms with Crippen molar-refractivity contribution in [3.8, 4) is 0 Å². The van der Waals surface area contributed by atoms with Crippen molar-refractivity contribution in [2.45, 2.75) is 33.6 Å². The first-order chi connectivity index (χ1) is 5.94. The van der Waals surface area contributed by atoms with Gasteiger partial charge in [0.05, 0.1) is 0 Å². The molecule has 3 saturated carbocycles. The number of hydrogen-bond donors (Lipinski definition) is 0. The summed E-state index contributed by atoms with van der Waals surface area (Å²) < 4.78 is 0. The van der Waals surface area contributed by atoms with Gasteiger partial charge in [0, 0.05) is 5.92 Å². The molecule has 3 aliphatic carbocycles. The summed E-state index contributed by atoms with van der Waals surface area (Å²) >= 11 is 5.59. The van der Waals surface area contributed by atoms with E-state index in [1.165, 1.54) is 6.42 Å². The Kier molecular flexibility index (Phi) is 1.99. The lowest BCUT2D eigenvalue weighted by atomic mass is 9.43. The molecule has 2 heteroatoms. The summed E-state index contributed by atoms with van der Waals surface area (Å²) in [5, 5.41) is -0.113. The van der Waals surface area contributed by atoms with Crippen LogP contribution in [-0.2, 0) is 4.79 Å². The molecule has 0 saturated heterocycles. The van der Waals surface area contributed by atoms with Gasteiger partial charge in [0.2, 0.25) is 5.24 Å². The molecule has 0 aromatic carbocycles. The van der Waals surface area contributed by atoms with Crippen LogP contribution in [0.3, 0.4) is 0 Å². The second-order valence-corrected chi connectivity index (χ2v) is 5.74. The first kappa shape index (κ1) is 9.51. The van der Waals surface area contributed by atoms with Gasteiger partial charge in [-0.25, -0.2) is 0 Å². The van der Waals surface area contributed by atoms with E-state index in [9.17, 15) is 4.79 Å². The lowest BCUT2D eigenvalue weighted by Crippen LogP contribution is -2.55. The van der Waals surface area contributed by atoms with Gasteiger partial charge in [-0.1, -0.05) is 20.8 Å². The van der Waals surface area contributed by atoms with Crippen molar-refractivity contribution in [1.82, 2.24) is 0 Å². The van der Waals surface area contributed by atoms with Gasteiger partial charge in [-0.3, -0.25) is 4.79 Å². The fraction of sp³-hybridized carbons (Fsp3) is 0.909. The second kappa shape index (κ2) is 2.73. The van der Waals surface area contributed by atoms with Crippen LogP contribution in [0.4, 0.5) is 0 Å². The Morgan fingerprint density at radius 2 is 2.00 bits per heavy atom. The van der Waals surface area contributed by atoms with Crippen molar-refractivity contribution in [3.63, 3.8) is 0 Å². The van der Waals surface area contributed by atoms with Gasteiger partial charge in [-0.05, 0) is 47.6 Å². The molecular formula is C11H17ClO. The third-order valence-electron chi connectivity index (χ3n) is 4.65. The van der Waals surface area contributed by atoms with Crippen LogP contribution in [0, 0.1) is 29.1 Å². The molecule has 0 amide bonds. The molecule has 2 bridgehead atoms. The zero-order chi connectivity index (χ0) is 9.80. The summed E-state index contributed by atoms with van der Waals surface area (Å²) in [6.07, 6.45) is 2.34. The minimum absolute atomic E-state index is 0.113. The van der Waals surface area contributed by atoms with E-state index in [0.717, 1.165) is 18.3 Å². The quantitative estimate of drug-likeness (QED) is 0.595. The van der Waals surface area contributed by atoms with Crippen LogP contribution < -0.4 is 0 Å². The molecule has 0 N–H and O–H groups in total. The Bertz CT molecular complexity index is 246. The van der Waals surface area contributed by atoms with Gasteiger partial charge in [0.15, 0.2) is 0 Å². The average Bonchev–Trinajstić information content (AvgIpc) is 2.02. The highest BCUT2D eigenvalue weighted by Crippen LogP contribution is 2.63. The maximum Gasteiger partial charge on any atom is 0.225 e. The standard InChI is InChI=1S/C11H17ClO/c1-6-8(10(12)13)4-7-5-9(6)11(7,2)3/h6-9H,4-5H2,1-3H3. The summed E-state index contributed by atoms with van der Waals surface area (Å²) in [7, 11) is 0. The molecular weight excluding hydrogens is 184 g/mol. The number of fused-ring (bicyclic) bond motifs is 2. The Balaban J connectivity index is 2.16. The van der Waals surface area contributed by atoms with E-state index in [4.69, 9.17) is 11.6 Å².